The standard InChI is InChI=1S/C26H30N6O/c1-15-11-18-13-19(5-7-23(18)29-15)32-16(2)12-25(27)31-26(32)28-10-9-21-17(3)30-24-8-6-20(33-4)14-22(21)24/h5-8,11-14,26,28-30H,9-10H2,1-4H3,(H2,27,31). The Morgan fingerprint density at radius 2 is 1.88 bits per heavy atom. The van der Waals surface area contributed by atoms with Crippen LogP contribution in [0.5, 0.6) is 5.75 Å². The fourth-order valence-corrected chi connectivity index (χ4v) is 4.75. The van der Waals surface area contributed by atoms with Crippen LogP contribution in [0.25, 0.3) is 21.8 Å². The molecule has 7 heteroatoms. The highest BCUT2D eigenvalue weighted by Crippen LogP contribution is 2.29. The maximum atomic E-state index is 6.13. The third kappa shape index (κ3) is 3.96. The summed E-state index contributed by atoms with van der Waals surface area (Å²) in [4.78, 5) is 13.8. The van der Waals surface area contributed by atoms with Gasteiger partial charge in [0, 0.05) is 51.1 Å². The topological polar surface area (TPSA) is 94.5 Å². The van der Waals surface area contributed by atoms with E-state index in [1.54, 1.807) is 7.11 Å². The van der Waals surface area contributed by atoms with Crippen molar-refractivity contribution < 1.29 is 4.74 Å². The fraction of sp³-hybridized carbons (Fsp3) is 0.269. The number of nitrogens with zero attached hydrogens (tertiary/aromatic N) is 2. The number of aromatic nitrogens is 2. The van der Waals surface area contributed by atoms with E-state index >= 15 is 0 Å². The number of rotatable bonds is 6. The molecule has 4 aromatic rings. The number of anilines is 1. The van der Waals surface area contributed by atoms with Crippen LogP contribution in [0.4, 0.5) is 5.69 Å². The Labute approximate surface area is 193 Å². The molecule has 0 radical (unpaired) electrons. The van der Waals surface area contributed by atoms with Crippen molar-refractivity contribution >= 4 is 33.3 Å². The van der Waals surface area contributed by atoms with Gasteiger partial charge in [-0.05, 0) is 81.3 Å². The van der Waals surface area contributed by atoms with Gasteiger partial charge >= 0.3 is 0 Å². The number of ether oxygens (including phenoxy) is 1. The normalized spacial score (nSPS) is 16.4. The second-order valence-electron chi connectivity index (χ2n) is 8.65. The molecule has 1 unspecified atom stereocenters. The molecule has 0 aliphatic carbocycles. The van der Waals surface area contributed by atoms with Gasteiger partial charge in [0.1, 0.15) is 11.6 Å². The number of H-pyrrole nitrogens is 2. The summed E-state index contributed by atoms with van der Waals surface area (Å²) in [6.07, 6.45) is 2.51. The molecule has 0 amide bonds. The van der Waals surface area contributed by atoms with Gasteiger partial charge in [0.15, 0.2) is 6.29 Å². The summed E-state index contributed by atoms with van der Waals surface area (Å²) in [5.74, 6) is 1.40. The third-order valence-corrected chi connectivity index (χ3v) is 6.30. The van der Waals surface area contributed by atoms with Crippen LogP contribution in [0.3, 0.4) is 0 Å². The summed E-state index contributed by atoms with van der Waals surface area (Å²) >= 11 is 0. The number of aryl methyl sites for hydroxylation is 2. The number of nitrogens with one attached hydrogen (secondary N) is 3. The van der Waals surface area contributed by atoms with E-state index in [9.17, 15) is 0 Å². The van der Waals surface area contributed by atoms with Gasteiger partial charge < -0.3 is 25.3 Å². The van der Waals surface area contributed by atoms with Crippen LogP contribution in [0.2, 0.25) is 0 Å². The number of nitrogens with two attached hydrogens (primary N) is 1. The number of hydrogen-bond donors (Lipinski definition) is 4. The first kappa shape index (κ1) is 21.2. The highest BCUT2D eigenvalue weighted by atomic mass is 16.5. The fourth-order valence-electron chi connectivity index (χ4n) is 4.75. The minimum Gasteiger partial charge on any atom is -0.497 e. The number of fused-ring (bicyclic) bond motifs is 2. The van der Waals surface area contributed by atoms with Gasteiger partial charge in [-0.15, -0.1) is 0 Å². The van der Waals surface area contributed by atoms with Crippen LogP contribution < -0.4 is 20.7 Å². The Morgan fingerprint density at radius 3 is 2.70 bits per heavy atom. The second kappa shape index (κ2) is 8.33. The number of allylic oxidation sites excluding steroid dienone is 1. The van der Waals surface area contributed by atoms with E-state index in [1.807, 2.05) is 12.1 Å². The number of hydrogen-bond acceptors (Lipinski definition) is 5. The molecule has 5 rings (SSSR count). The molecule has 170 valence electrons. The van der Waals surface area contributed by atoms with Gasteiger partial charge in [-0.1, -0.05) is 0 Å². The first-order valence-electron chi connectivity index (χ1n) is 11.2. The molecule has 33 heavy (non-hydrogen) atoms. The monoisotopic (exact) mass is 442 g/mol. The van der Waals surface area contributed by atoms with Crippen molar-refractivity contribution in [1.29, 1.82) is 0 Å². The summed E-state index contributed by atoms with van der Waals surface area (Å²) in [7, 11) is 1.70. The molecule has 1 aliphatic rings. The van der Waals surface area contributed by atoms with Crippen LogP contribution in [0.1, 0.15) is 23.9 Å². The average molecular weight is 443 g/mol. The second-order valence-corrected chi connectivity index (χ2v) is 8.65. The Hall–Kier alpha value is -3.71. The van der Waals surface area contributed by atoms with Crippen molar-refractivity contribution in [2.24, 2.45) is 10.7 Å². The predicted octanol–water partition coefficient (Wildman–Crippen LogP) is 4.47. The first-order chi connectivity index (χ1) is 15.9. The molecule has 5 N–H and O–H groups in total. The van der Waals surface area contributed by atoms with Crippen LogP contribution >= 0.6 is 0 Å². The van der Waals surface area contributed by atoms with Crippen LogP contribution in [0, 0.1) is 13.8 Å². The Morgan fingerprint density at radius 1 is 1.06 bits per heavy atom. The molecule has 0 saturated heterocycles. The van der Waals surface area contributed by atoms with Crippen molar-refractivity contribution in [3.05, 3.63) is 71.2 Å². The predicted molar refractivity (Wildman–Crippen MR) is 136 cm³/mol. The van der Waals surface area contributed by atoms with Gasteiger partial charge in [-0.25, -0.2) is 4.99 Å². The summed E-state index contributed by atoms with van der Waals surface area (Å²) in [6.45, 7) is 7.01. The van der Waals surface area contributed by atoms with Gasteiger partial charge in [-0.3, -0.25) is 5.32 Å². The number of amidine groups is 1. The quantitative estimate of drug-likeness (QED) is 0.354. The number of benzene rings is 2. The van der Waals surface area contributed by atoms with Crippen molar-refractivity contribution in [3.63, 3.8) is 0 Å². The lowest BCUT2D eigenvalue weighted by Gasteiger charge is -2.35. The Balaban J connectivity index is 1.39. The Bertz CT molecular complexity index is 1390. The van der Waals surface area contributed by atoms with E-state index in [-0.39, 0.29) is 6.29 Å². The van der Waals surface area contributed by atoms with Gasteiger partial charge in [-0.2, -0.15) is 0 Å². The molecule has 0 saturated carbocycles. The minimum absolute atomic E-state index is 0.271. The summed E-state index contributed by atoms with van der Waals surface area (Å²) < 4.78 is 5.43. The molecule has 0 fully saturated rings. The molecular formula is C26H30N6O. The minimum atomic E-state index is -0.271. The maximum Gasteiger partial charge on any atom is 0.182 e. The van der Waals surface area contributed by atoms with Crippen molar-refractivity contribution in [1.82, 2.24) is 15.3 Å². The van der Waals surface area contributed by atoms with E-state index in [2.05, 4.69) is 77.4 Å². The van der Waals surface area contributed by atoms with E-state index < -0.39 is 0 Å². The smallest absolute Gasteiger partial charge is 0.182 e. The van der Waals surface area contributed by atoms with Crippen LogP contribution in [0.15, 0.2) is 59.2 Å². The van der Waals surface area contributed by atoms with Gasteiger partial charge in [0.2, 0.25) is 0 Å². The van der Waals surface area contributed by atoms with Gasteiger partial charge in [0.25, 0.3) is 0 Å². The zero-order valence-corrected chi connectivity index (χ0v) is 19.5. The van der Waals surface area contributed by atoms with E-state index in [0.29, 0.717) is 5.84 Å². The van der Waals surface area contributed by atoms with Crippen molar-refractivity contribution in [2.45, 2.75) is 33.5 Å². The Kier molecular flexibility index (Phi) is 5.34. The molecule has 1 atom stereocenters. The largest absolute Gasteiger partial charge is 0.497 e. The number of aromatic amines is 2. The third-order valence-electron chi connectivity index (χ3n) is 6.30. The zero-order valence-electron chi connectivity index (χ0n) is 19.5. The summed E-state index contributed by atoms with van der Waals surface area (Å²) in [6, 6.07) is 14.7. The molecule has 0 spiro atoms. The van der Waals surface area contributed by atoms with Crippen LogP contribution in [-0.2, 0) is 6.42 Å². The summed E-state index contributed by atoms with van der Waals surface area (Å²) in [5.41, 5.74) is 14.1. The average Bonchev–Trinajstić information content (AvgIpc) is 3.30. The van der Waals surface area contributed by atoms with Gasteiger partial charge in [0.05, 0.1) is 7.11 Å². The highest BCUT2D eigenvalue weighted by Gasteiger charge is 2.24. The lowest BCUT2D eigenvalue weighted by molar-refractivity contribution is 0.415. The number of aliphatic imine (C=N–C) groups is 1. The lowest BCUT2D eigenvalue weighted by atomic mass is 10.1. The highest BCUT2D eigenvalue weighted by molar-refractivity contribution is 5.94. The van der Waals surface area contributed by atoms with Crippen molar-refractivity contribution in [3.8, 4) is 5.75 Å². The first-order valence-corrected chi connectivity index (χ1v) is 11.2. The van der Waals surface area contributed by atoms with E-state index in [1.165, 1.54) is 22.0 Å². The SMILES string of the molecule is COc1ccc2[nH]c(C)c(CCNC3N=C(N)C=C(C)N3c3ccc4[nH]c(C)cc4c3)c2c1. The van der Waals surface area contributed by atoms with Crippen molar-refractivity contribution in [2.75, 3.05) is 18.6 Å². The molecule has 7 nitrogen and oxygen atoms in total. The molecule has 2 aromatic carbocycles. The van der Waals surface area contributed by atoms with E-state index in [0.717, 1.165) is 46.8 Å². The van der Waals surface area contributed by atoms with E-state index in [4.69, 9.17) is 15.5 Å². The zero-order chi connectivity index (χ0) is 23.1. The molecule has 1 aliphatic heterocycles. The summed E-state index contributed by atoms with van der Waals surface area (Å²) in [5, 5.41) is 5.99. The number of methoxy groups -OCH3 is 1. The molecule has 2 aromatic heterocycles. The lowest BCUT2D eigenvalue weighted by Crippen LogP contribution is -2.47. The maximum absolute atomic E-state index is 6.13. The molecular weight excluding hydrogens is 412 g/mol. The molecule has 0 bridgehead atoms. The van der Waals surface area contributed by atoms with Crippen LogP contribution in [-0.4, -0.2) is 35.7 Å². The molecule has 3 heterocycles.